The quantitative estimate of drug-likeness (QED) is 0.281. The molecule has 3 aromatic rings. The van der Waals surface area contributed by atoms with E-state index >= 15 is 0 Å². The van der Waals surface area contributed by atoms with E-state index in [9.17, 15) is 13.7 Å². The average molecular weight is 462 g/mol. The summed E-state index contributed by atoms with van der Waals surface area (Å²) in [4.78, 5) is 15.4. The minimum absolute atomic E-state index is 0.0773. The topological polar surface area (TPSA) is 59.0 Å². The Bertz CT molecular complexity index is 1230. The van der Waals surface area contributed by atoms with Gasteiger partial charge in [-0.2, -0.15) is 5.10 Å². The van der Waals surface area contributed by atoms with Crippen molar-refractivity contribution in [2.75, 3.05) is 7.05 Å². The zero-order chi connectivity index (χ0) is 23.5. The Morgan fingerprint density at radius 3 is 2.55 bits per heavy atom. The van der Waals surface area contributed by atoms with Crippen LogP contribution in [0.2, 0.25) is 0 Å². The Hall–Kier alpha value is -3.42. The van der Waals surface area contributed by atoms with E-state index < -0.39 is 17.0 Å². The standard InChI is InChI=1S/C26H24FN3O2S/c1-18(15-29(3)28-2)20-13-11-19(12-14-20)16-30-17-21-7-6-10-24(25(21)26(30)31)33(32)23-9-5-4-8-22(23)27/h4-15H,2,16-17H2,1,3H3/b18-15+. The lowest BCUT2D eigenvalue weighted by molar-refractivity contribution is 0.0764. The molecule has 0 aromatic heterocycles. The first-order valence-corrected chi connectivity index (χ1v) is 11.6. The highest BCUT2D eigenvalue weighted by Crippen LogP contribution is 2.33. The van der Waals surface area contributed by atoms with Crippen molar-refractivity contribution >= 4 is 29.4 Å². The van der Waals surface area contributed by atoms with E-state index in [1.165, 1.54) is 12.1 Å². The van der Waals surface area contributed by atoms with Crippen molar-refractivity contribution in [2.45, 2.75) is 29.8 Å². The molecule has 1 unspecified atom stereocenters. The lowest BCUT2D eigenvalue weighted by Crippen LogP contribution is -2.24. The van der Waals surface area contributed by atoms with E-state index in [4.69, 9.17) is 0 Å². The van der Waals surface area contributed by atoms with Crippen molar-refractivity contribution in [1.82, 2.24) is 9.91 Å². The smallest absolute Gasteiger partial charge is 0.259 e. The van der Waals surface area contributed by atoms with Crippen LogP contribution in [0.5, 0.6) is 0 Å². The third-order valence-corrected chi connectivity index (χ3v) is 7.07. The molecule has 0 aliphatic carbocycles. The van der Waals surface area contributed by atoms with Crippen molar-refractivity contribution in [3.63, 3.8) is 0 Å². The van der Waals surface area contributed by atoms with Crippen LogP contribution in [0.15, 0.2) is 87.8 Å². The van der Waals surface area contributed by atoms with Crippen LogP contribution in [-0.2, 0) is 24.3 Å². The van der Waals surface area contributed by atoms with Gasteiger partial charge in [0, 0.05) is 44.2 Å². The van der Waals surface area contributed by atoms with Gasteiger partial charge in [-0.25, -0.2) is 4.39 Å². The monoisotopic (exact) mass is 461 g/mol. The van der Waals surface area contributed by atoms with Gasteiger partial charge in [0.2, 0.25) is 0 Å². The zero-order valence-electron chi connectivity index (χ0n) is 18.5. The normalized spacial score (nSPS) is 14.2. The summed E-state index contributed by atoms with van der Waals surface area (Å²) in [6, 6.07) is 19.2. The molecule has 0 bridgehead atoms. The summed E-state index contributed by atoms with van der Waals surface area (Å²) in [5.74, 6) is -0.737. The first-order valence-electron chi connectivity index (χ1n) is 10.4. The van der Waals surface area contributed by atoms with Crippen LogP contribution < -0.4 is 0 Å². The van der Waals surface area contributed by atoms with E-state index in [2.05, 4.69) is 11.8 Å². The van der Waals surface area contributed by atoms with E-state index in [1.807, 2.05) is 50.5 Å². The molecule has 4 rings (SSSR count). The fraction of sp³-hybridized carbons (Fsp3) is 0.154. The lowest BCUT2D eigenvalue weighted by Gasteiger charge is -2.17. The number of carbonyl (C=O) groups excluding carboxylic acids is 1. The predicted octanol–water partition coefficient (Wildman–Crippen LogP) is 5.06. The number of carbonyl (C=O) groups is 1. The van der Waals surface area contributed by atoms with Gasteiger partial charge in [0.1, 0.15) is 5.56 Å². The largest absolute Gasteiger partial charge is 0.606 e. The molecule has 0 fully saturated rings. The summed E-state index contributed by atoms with van der Waals surface area (Å²) < 4.78 is 27.3. The van der Waals surface area contributed by atoms with Gasteiger partial charge in [0.25, 0.3) is 5.91 Å². The summed E-state index contributed by atoms with van der Waals surface area (Å²) in [6.45, 7) is 6.34. The highest BCUT2D eigenvalue weighted by Gasteiger charge is 2.35. The molecule has 0 N–H and O–H groups in total. The second-order valence-corrected chi connectivity index (χ2v) is 9.29. The van der Waals surface area contributed by atoms with Crippen molar-refractivity contribution < 1.29 is 13.7 Å². The number of nitrogens with zero attached hydrogens (tertiary/aromatic N) is 3. The molecule has 0 saturated heterocycles. The highest BCUT2D eigenvalue weighted by molar-refractivity contribution is 7.91. The minimum Gasteiger partial charge on any atom is -0.606 e. The SMILES string of the molecule is C=NN(C)/C=C(\C)c1ccc(CN2Cc3cccc([S+]([O-])c4ccccc4F)c3C2=O)cc1. The Kier molecular flexibility index (Phi) is 6.62. The molecular weight excluding hydrogens is 437 g/mol. The summed E-state index contributed by atoms with van der Waals surface area (Å²) >= 11 is -1.78. The van der Waals surface area contributed by atoms with Crippen molar-refractivity contribution in [1.29, 1.82) is 0 Å². The molecule has 0 radical (unpaired) electrons. The van der Waals surface area contributed by atoms with Crippen LogP contribution in [0.25, 0.3) is 5.57 Å². The van der Waals surface area contributed by atoms with Gasteiger partial charge in [-0.05, 0) is 47.4 Å². The number of hydrogen-bond acceptors (Lipinski definition) is 4. The molecule has 1 aliphatic heterocycles. The maximum atomic E-state index is 14.2. The van der Waals surface area contributed by atoms with Crippen LogP contribution >= 0.6 is 0 Å². The minimum atomic E-state index is -1.78. The fourth-order valence-corrected chi connectivity index (χ4v) is 5.16. The van der Waals surface area contributed by atoms with Crippen LogP contribution in [0.4, 0.5) is 4.39 Å². The van der Waals surface area contributed by atoms with Crippen LogP contribution in [0, 0.1) is 5.82 Å². The van der Waals surface area contributed by atoms with Crippen LogP contribution in [0.3, 0.4) is 0 Å². The predicted molar refractivity (Wildman–Crippen MR) is 128 cm³/mol. The van der Waals surface area contributed by atoms with E-state index in [-0.39, 0.29) is 10.8 Å². The van der Waals surface area contributed by atoms with Gasteiger partial charge in [-0.1, -0.05) is 48.5 Å². The molecule has 0 spiro atoms. The lowest BCUT2D eigenvalue weighted by atomic mass is 10.1. The third-order valence-electron chi connectivity index (χ3n) is 5.60. The molecule has 1 aliphatic rings. The molecule has 1 atom stereocenters. The molecule has 33 heavy (non-hydrogen) atoms. The van der Waals surface area contributed by atoms with Gasteiger partial charge >= 0.3 is 0 Å². The summed E-state index contributed by atoms with van der Waals surface area (Å²) in [5, 5.41) is 5.48. The van der Waals surface area contributed by atoms with Crippen molar-refractivity contribution in [2.24, 2.45) is 5.10 Å². The fourth-order valence-electron chi connectivity index (χ4n) is 3.87. The number of fused-ring (bicyclic) bond motifs is 1. The van der Waals surface area contributed by atoms with Gasteiger partial charge in [-0.15, -0.1) is 0 Å². The number of rotatable bonds is 7. The van der Waals surface area contributed by atoms with Gasteiger partial charge in [0.05, 0.1) is 0 Å². The van der Waals surface area contributed by atoms with Gasteiger partial charge in [-0.3, -0.25) is 9.80 Å². The Labute approximate surface area is 196 Å². The van der Waals surface area contributed by atoms with E-state index in [1.54, 1.807) is 34.2 Å². The van der Waals surface area contributed by atoms with E-state index in [0.29, 0.717) is 23.5 Å². The first-order chi connectivity index (χ1) is 15.9. The summed E-state index contributed by atoms with van der Waals surface area (Å²) in [5.41, 5.74) is 4.29. The maximum absolute atomic E-state index is 14.2. The second kappa shape index (κ2) is 9.60. The Balaban J connectivity index is 1.54. The first kappa shape index (κ1) is 22.8. The number of amides is 1. The number of allylic oxidation sites excluding steroid dienone is 1. The maximum Gasteiger partial charge on any atom is 0.259 e. The second-order valence-electron chi connectivity index (χ2n) is 7.87. The van der Waals surface area contributed by atoms with Gasteiger partial charge < -0.3 is 9.45 Å². The third kappa shape index (κ3) is 4.69. The molecule has 0 saturated carbocycles. The van der Waals surface area contributed by atoms with Gasteiger partial charge in [0.15, 0.2) is 15.6 Å². The molecule has 1 amide bonds. The average Bonchev–Trinajstić information content (AvgIpc) is 3.14. The molecule has 5 nitrogen and oxygen atoms in total. The molecule has 3 aromatic carbocycles. The summed E-state index contributed by atoms with van der Waals surface area (Å²) in [6.07, 6.45) is 1.89. The number of benzene rings is 3. The van der Waals surface area contributed by atoms with Crippen LogP contribution in [0.1, 0.15) is 34.0 Å². The summed E-state index contributed by atoms with van der Waals surface area (Å²) in [7, 11) is 1.81. The number of halogens is 1. The zero-order valence-corrected chi connectivity index (χ0v) is 19.3. The molecular formula is C26H24FN3O2S. The number of hydrazone groups is 1. The Morgan fingerprint density at radius 2 is 1.85 bits per heavy atom. The molecule has 1 heterocycles. The molecule has 7 heteroatoms. The molecule has 168 valence electrons. The Morgan fingerprint density at radius 1 is 1.15 bits per heavy atom. The van der Waals surface area contributed by atoms with E-state index in [0.717, 1.165) is 22.3 Å². The van der Waals surface area contributed by atoms with Crippen molar-refractivity contribution in [3.8, 4) is 0 Å². The highest BCUT2D eigenvalue weighted by atomic mass is 32.2. The van der Waals surface area contributed by atoms with Crippen molar-refractivity contribution in [3.05, 3.63) is 101 Å². The number of hydrogen-bond donors (Lipinski definition) is 0. The van der Waals surface area contributed by atoms with Crippen LogP contribution in [-0.4, -0.2) is 34.1 Å².